The molecule has 0 spiro atoms. The van der Waals surface area contributed by atoms with Crippen molar-refractivity contribution in [2.75, 3.05) is 0 Å². The third kappa shape index (κ3) is 3.07. The van der Waals surface area contributed by atoms with Crippen LogP contribution < -0.4 is 10.5 Å². The van der Waals surface area contributed by atoms with Crippen LogP contribution in [-0.2, 0) is 0 Å². The second-order valence-electron chi connectivity index (χ2n) is 3.32. The Labute approximate surface area is 119 Å². The number of halogens is 2. The van der Waals surface area contributed by atoms with Crippen LogP contribution in [0.25, 0.3) is 0 Å². The van der Waals surface area contributed by atoms with E-state index in [2.05, 4.69) is 10.2 Å². The van der Waals surface area contributed by atoms with Crippen molar-refractivity contribution in [1.82, 2.24) is 10.2 Å². The number of hydrogen-bond donors (Lipinski definition) is 1. The summed E-state index contributed by atoms with van der Waals surface area (Å²) in [6, 6.07) is 6.43. The Morgan fingerprint density at radius 2 is 1.89 bits per heavy atom. The van der Waals surface area contributed by atoms with Gasteiger partial charge in [0.25, 0.3) is 0 Å². The van der Waals surface area contributed by atoms with Gasteiger partial charge in [-0.05, 0) is 24.3 Å². The minimum Gasteiger partial charge on any atom is -0.437 e. The molecule has 0 saturated carbocycles. The Balaban J connectivity index is 2.37. The second kappa shape index (κ2) is 5.48. The lowest BCUT2D eigenvalue weighted by Crippen LogP contribution is -2.12. The molecule has 0 saturated heterocycles. The Kier molecular flexibility index (Phi) is 3.96. The van der Waals surface area contributed by atoms with Crippen molar-refractivity contribution < 1.29 is 4.74 Å². The smallest absolute Gasteiger partial charge is 0.249 e. The van der Waals surface area contributed by atoms with E-state index in [1.807, 2.05) is 0 Å². The Morgan fingerprint density at radius 3 is 2.50 bits per heavy atom. The standard InChI is InChI=1S/C11H7Cl2N3OS/c12-6-3-7(13)5-8(4-6)17-11-9(10(14)18)1-2-15-16-11/h1-5H,(H2,14,18). The highest BCUT2D eigenvalue weighted by atomic mass is 35.5. The topological polar surface area (TPSA) is 61.0 Å². The van der Waals surface area contributed by atoms with E-state index in [1.165, 1.54) is 6.20 Å². The summed E-state index contributed by atoms with van der Waals surface area (Å²) in [4.78, 5) is 0.174. The molecule has 7 heteroatoms. The Bertz CT molecular complexity index is 586. The largest absolute Gasteiger partial charge is 0.437 e. The molecule has 2 rings (SSSR count). The molecule has 0 aliphatic carbocycles. The predicted octanol–water partition coefficient (Wildman–Crippen LogP) is 3.21. The van der Waals surface area contributed by atoms with Crippen molar-refractivity contribution >= 4 is 40.4 Å². The van der Waals surface area contributed by atoms with Crippen molar-refractivity contribution in [3.63, 3.8) is 0 Å². The average molecular weight is 300 g/mol. The highest BCUT2D eigenvalue weighted by Gasteiger charge is 2.10. The Morgan fingerprint density at radius 1 is 1.22 bits per heavy atom. The quantitative estimate of drug-likeness (QED) is 0.882. The van der Waals surface area contributed by atoms with Crippen molar-refractivity contribution in [1.29, 1.82) is 0 Å². The predicted molar refractivity (Wildman–Crippen MR) is 74.5 cm³/mol. The maximum Gasteiger partial charge on any atom is 0.249 e. The maximum atomic E-state index is 5.87. The van der Waals surface area contributed by atoms with Gasteiger partial charge in [0.1, 0.15) is 10.7 Å². The molecule has 2 aromatic rings. The molecule has 0 unspecified atom stereocenters. The lowest BCUT2D eigenvalue weighted by Gasteiger charge is -2.08. The molecule has 0 aliphatic rings. The first kappa shape index (κ1) is 13.0. The molecule has 4 nitrogen and oxygen atoms in total. The molecule has 92 valence electrons. The lowest BCUT2D eigenvalue weighted by molar-refractivity contribution is 0.454. The molecular formula is C11H7Cl2N3OS. The van der Waals surface area contributed by atoms with E-state index in [-0.39, 0.29) is 10.9 Å². The van der Waals surface area contributed by atoms with E-state index in [0.717, 1.165) is 0 Å². The van der Waals surface area contributed by atoms with Gasteiger partial charge in [0.15, 0.2) is 0 Å². The monoisotopic (exact) mass is 299 g/mol. The number of aromatic nitrogens is 2. The van der Waals surface area contributed by atoms with Crippen LogP contribution in [0.1, 0.15) is 5.56 Å². The van der Waals surface area contributed by atoms with Crippen LogP contribution in [-0.4, -0.2) is 15.2 Å². The van der Waals surface area contributed by atoms with Crippen molar-refractivity contribution in [2.45, 2.75) is 0 Å². The number of hydrogen-bond acceptors (Lipinski definition) is 4. The summed E-state index contributed by atoms with van der Waals surface area (Å²) in [6.07, 6.45) is 1.48. The van der Waals surface area contributed by atoms with Crippen LogP contribution in [0, 0.1) is 0 Å². The summed E-state index contributed by atoms with van der Waals surface area (Å²) in [6.45, 7) is 0. The molecule has 0 radical (unpaired) electrons. The van der Waals surface area contributed by atoms with Crippen molar-refractivity contribution in [3.05, 3.63) is 46.1 Å². The van der Waals surface area contributed by atoms with Crippen molar-refractivity contribution in [3.8, 4) is 11.6 Å². The van der Waals surface area contributed by atoms with Gasteiger partial charge in [0, 0.05) is 10.0 Å². The first-order valence-electron chi connectivity index (χ1n) is 4.81. The first-order valence-corrected chi connectivity index (χ1v) is 5.98. The minimum atomic E-state index is 0.174. The van der Waals surface area contributed by atoms with Crippen LogP contribution >= 0.6 is 35.4 Å². The molecule has 18 heavy (non-hydrogen) atoms. The maximum absolute atomic E-state index is 5.87. The van der Waals surface area contributed by atoms with Gasteiger partial charge in [0.2, 0.25) is 5.88 Å². The fraction of sp³-hybridized carbons (Fsp3) is 0. The highest BCUT2D eigenvalue weighted by Crippen LogP contribution is 2.28. The van der Waals surface area contributed by atoms with Crippen LogP contribution in [0.3, 0.4) is 0 Å². The fourth-order valence-corrected chi connectivity index (χ4v) is 1.94. The third-order valence-corrected chi connectivity index (χ3v) is 2.66. The highest BCUT2D eigenvalue weighted by molar-refractivity contribution is 7.80. The molecule has 0 bridgehead atoms. The van der Waals surface area contributed by atoms with Gasteiger partial charge in [-0.3, -0.25) is 0 Å². The number of nitrogens with two attached hydrogens (primary N) is 1. The molecule has 1 aromatic carbocycles. The van der Waals surface area contributed by atoms with Gasteiger partial charge >= 0.3 is 0 Å². The van der Waals surface area contributed by atoms with Gasteiger partial charge in [-0.15, -0.1) is 5.10 Å². The normalized spacial score (nSPS) is 10.1. The van der Waals surface area contributed by atoms with Crippen LogP contribution in [0.5, 0.6) is 11.6 Å². The first-order chi connectivity index (χ1) is 8.56. The summed E-state index contributed by atoms with van der Waals surface area (Å²) in [5.74, 6) is 0.647. The average Bonchev–Trinajstić information content (AvgIpc) is 2.27. The van der Waals surface area contributed by atoms with Crippen LogP contribution in [0.15, 0.2) is 30.5 Å². The SMILES string of the molecule is NC(=S)c1ccnnc1Oc1cc(Cl)cc(Cl)c1. The van der Waals surface area contributed by atoms with Gasteiger partial charge < -0.3 is 10.5 Å². The molecule has 0 amide bonds. The van der Waals surface area contributed by atoms with E-state index < -0.39 is 0 Å². The van der Waals surface area contributed by atoms with Gasteiger partial charge in [-0.2, -0.15) is 5.10 Å². The van der Waals surface area contributed by atoms with Gasteiger partial charge in [-0.1, -0.05) is 35.4 Å². The van der Waals surface area contributed by atoms with Crippen LogP contribution in [0.2, 0.25) is 10.0 Å². The molecule has 0 fully saturated rings. The van der Waals surface area contributed by atoms with Gasteiger partial charge in [-0.25, -0.2) is 0 Å². The molecule has 1 heterocycles. The van der Waals surface area contributed by atoms with Crippen LogP contribution in [0.4, 0.5) is 0 Å². The number of benzene rings is 1. The molecular weight excluding hydrogens is 293 g/mol. The van der Waals surface area contributed by atoms with E-state index in [4.69, 9.17) is 45.9 Å². The van der Waals surface area contributed by atoms with E-state index >= 15 is 0 Å². The second-order valence-corrected chi connectivity index (χ2v) is 4.63. The zero-order chi connectivity index (χ0) is 13.1. The molecule has 1 aromatic heterocycles. The summed E-state index contributed by atoms with van der Waals surface area (Å²) in [5.41, 5.74) is 6.06. The summed E-state index contributed by atoms with van der Waals surface area (Å²) >= 11 is 16.6. The minimum absolute atomic E-state index is 0.174. The molecule has 0 atom stereocenters. The summed E-state index contributed by atoms with van der Waals surface area (Å²) in [5, 5.41) is 8.45. The van der Waals surface area contributed by atoms with E-state index in [9.17, 15) is 0 Å². The van der Waals surface area contributed by atoms with Gasteiger partial charge in [0.05, 0.1) is 11.8 Å². The summed E-state index contributed by atoms with van der Waals surface area (Å²) in [7, 11) is 0. The number of ether oxygens (including phenoxy) is 1. The zero-order valence-corrected chi connectivity index (χ0v) is 11.3. The number of thiocarbonyl (C=S) groups is 1. The third-order valence-electron chi connectivity index (χ3n) is 2.00. The van der Waals surface area contributed by atoms with Crippen molar-refractivity contribution in [2.24, 2.45) is 5.73 Å². The van der Waals surface area contributed by atoms with E-state index in [0.29, 0.717) is 21.4 Å². The lowest BCUT2D eigenvalue weighted by atomic mass is 10.3. The molecule has 2 N–H and O–H groups in total. The fourth-order valence-electron chi connectivity index (χ4n) is 1.28. The molecule has 0 aliphatic heterocycles. The number of nitrogens with zero attached hydrogens (tertiary/aromatic N) is 2. The number of rotatable bonds is 3. The van der Waals surface area contributed by atoms with E-state index in [1.54, 1.807) is 24.3 Å². The Hall–Kier alpha value is -1.43. The summed E-state index contributed by atoms with van der Waals surface area (Å²) < 4.78 is 5.52. The zero-order valence-electron chi connectivity index (χ0n) is 8.93.